The van der Waals surface area contributed by atoms with Crippen molar-refractivity contribution in [3.05, 3.63) is 0 Å². The van der Waals surface area contributed by atoms with Crippen molar-refractivity contribution in [1.29, 1.82) is 0 Å². The normalized spacial score (nSPS) is 8.00. The topological polar surface area (TPSA) is 9.23 Å². The van der Waals surface area contributed by atoms with E-state index in [9.17, 15) is 0 Å². The minimum absolute atomic E-state index is 0. The first-order chi connectivity index (χ1) is 2.27. The summed E-state index contributed by atoms with van der Waals surface area (Å²) in [5, 5.41) is 0. The van der Waals surface area contributed by atoms with Gasteiger partial charge in [0.05, 0.1) is 0 Å². The molecule has 3 heteroatoms. The first kappa shape index (κ1) is 9.86. The average molecular weight is 114 g/mol. The molecule has 29 valence electrons. The predicted molar refractivity (Wildman–Crippen MR) is 27.7 cm³/mol. The van der Waals surface area contributed by atoms with Crippen LogP contribution in [0.25, 0.3) is 0 Å². The van der Waals surface area contributed by atoms with Crippen LogP contribution in [0.5, 0.6) is 0 Å². The molecule has 0 saturated heterocycles. The van der Waals surface area contributed by atoms with Crippen LogP contribution in [0, 0.1) is 0 Å². The molecule has 3 radical (unpaired) electrons. The van der Waals surface area contributed by atoms with Gasteiger partial charge in [-0.2, -0.15) is 0 Å². The summed E-state index contributed by atoms with van der Waals surface area (Å²) < 4.78 is 4.56. The van der Waals surface area contributed by atoms with Gasteiger partial charge < -0.3 is 4.43 Å². The first-order valence-corrected chi connectivity index (χ1v) is 2.00. The zero-order valence-corrected chi connectivity index (χ0v) is 6.22. The molecule has 0 aliphatic heterocycles. The number of rotatable bonds is 1. The van der Waals surface area contributed by atoms with Crippen molar-refractivity contribution >= 4 is 27.8 Å². The van der Waals surface area contributed by atoms with Crippen molar-refractivity contribution < 1.29 is 4.43 Å². The molecular weight excluding hydrogens is 107 g/mol. The van der Waals surface area contributed by atoms with Gasteiger partial charge in [-0.15, -0.1) is 0 Å². The quantitative estimate of drug-likeness (QED) is 0.440. The molecule has 0 aliphatic rings. The van der Waals surface area contributed by atoms with Crippen LogP contribution in [-0.4, -0.2) is 34.0 Å². The summed E-state index contributed by atoms with van der Waals surface area (Å²) >= 11 is 0. The van der Waals surface area contributed by atoms with Crippen LogP contribution in [0.4, 0.5) is 0 Å². The van der Waals surface area contributed by atoms with Crippen molar-refractivity contribution in [3.63, 3.8) is 0 Å². The van der Waals surface area contributed by atoms with Crippen LogP contribution < -0.4 is 0 Å². The third-order valence-corrected chi connectivity index (χ3v) is 0.707. The maximum Gasteiger partial charge on any atom is 3.00 e. The second kappa shape index (κ2) is 5.71. The third-order valence-electron chi connectivity index (χ3n) is 0.236. The predicted octanol–water partition coefficient (Wildman–Crippen LogP) is 0.114. The standard InChI is InChI=1S/C3H7OSi.Al/c1-3(2)4-5;/h3H,1-2H3;/q;+3. The Hall–Kier alpha value is 0.709. The number of hydrogen-bond acceptors (Lipinski definition) is 1. The SMILES string of the molecule is CC(C)O[Si].[Al+3]. The van der Waals surface area contributed by atoms with E-state index < -0.39 is 0 Å². The van der Waals surface area contributed by atoms with Crippen molar-refractivity contribution in [2.75, 3.05) is 0 Å². The molecule has 0 amide bonds. The molecule has 0 aromatic heterocycles. The minimum atomic E-state index is 0. The Morgan fingerprint density at radius 2 is 1.67 bits per heavy atom. The van der Waals surface area contributed by atoms with Gasteiger partial charge >= 0.3 is 17.4 Å². The fourth-order valence-electron chi connectivity index (χ4n) is 0. The summed E-state index contributed by atoms with van der Waals surface area (Å²) in [5.41, 5.74) is 0. The fraction of sp³-hybridized carbons (Fsp3) is 1.00. The van der Waals surface area contributed by atoms with Gasteiger partial charge in [0.2, 0.25) is 10.5 Å². The van der Waals surface area contributed by atoms with Crippen molar-refractivity contribution in [1.82, 2.24) is 0 Å². The van der Waals surface area contributed by atoms with Gasteiger partial charge in [-0.1, -0.05) is 0 Å². The summed E-state index contributed by atoms with van der Waals surface area (Å²) in [6.07, 6.45) is 0.298. The molecule has 1 nitrogen and oxygen atoms in total. The van der Waals surface area contributed by atoms with E-state index in [1.54, 1.807) is 0 Å². The molecule has 0 aromatic carbocycles. The largest absolute Gasteiger partial charge is 3.00 e. The van der Waals surface area contributed by atoms with Gasteiger partial charge in [-0.3, -0.25) is 0 Å². The van der Waals surface area contributed by atoms with E-state index in [0.29, 0.717) is 6.10 Å². The van der Waals surface area contributed by atoms with E-state index in [1.165, 1.54) is 0 Å². The van der Waals surface area contributed by atoms with Gasteiger partial charge in [-0.25, -0.2) is 0 Å². The van der Waals surface area contributed by atoms with Gasteiger partial charge in [0, 0.05) is 6.10 Å². The van der Waals surface area contributed by atoms with Crippen LogP contribution in [0.2, 0.25) is 0 Å². The van der Waals surface area contributed by atoms with Gasteiger partial charge in [-0.05, 0) is 13.8 Å². The summed E-state index contributed by atoms with van der Waals surface area (Å²) in [6, 6.07) is 0. The molecule has 0 heterocycles. The molecule has 0 saturated carbocycles. The van der Waals surface area contributed by atoms with Gasteiger partial charge in [0.15, 0.2) is 0 Å². The molecule has 0 N–H and O–H groups in total. The van der Waals surface area contributed by atoms with Crippen LogP contribution in [0.15, 0.2) is 0 Å². The molecule has 0 fully saturated rings. The summed E-state index contributed by atoms with van der Waals surface area (Å²) in [6.45, 7) is 3.90. The van der Waals surface area contributed by atoms with Crippen molar-refractivity contribution in [3.8, 4) is 0 Å². The minimum Gasteiger partial charge on any atom is -0.416 e. The van der Waals surface area contributed by atoms with Crippen molar-refractivity contribution in [2.45, 2.75) is 20.0 Å². The monoisotopic (exact) mass is 114 g/mol. The van der Waals surface area contributed by atoms with Crippen LogP contribution in [0.1, 0.15) is 13.8 Å². The van der Waals surface area contributed by atoms with Crippen molar-refractivity contribution in [2.24, 2.45) is 0 Å². The van der Waals surface area contributed by atoms with Gasteiger partial charge in [0.25, 0.3) is 0 Å². The Morgan fingerprint density at radius 1 is 1.50 bits per heavy atom. The summed E-state index contributed by atoms with van der Waals surface area (Å²) in [4.78, 5) is 0. The van der Waals surface area contributed by atoms with Crippen LogP contribution >= 0.6 is 0 Å². The Morgan fingerprint density at radius 3 is 1.67 bits per heavy atom. The smallest absolute Gasteiger partial charge is 0.416 e. The molecule has 0 rings (SSSR count). The van der Waals surface area contributed by atoms with E-state index >= 15 is 0 Å². The first-order valence-electron chi connectivity index (χ1n) is 1.59. The molecule has 0 aliphatic carbocycles. The second-order valence-corrected chi connectivity index (χ2v) is 1.40. The van der Waals surface area contributed by atoms with E-state index in [-0.39, 0.29) is 17.4 Å². The Labute approximate surface area is 52.8 Å². The zero-order chi connectivity index (χ0) is 4.28. The molecular formula is C3H7AlOSi+3. The van der Waals surface area contributed by atoms with E-state index in [1.807, 2.05) is 13.8 Å². The van der Waals surface area contributed by atoms with Crippen LogP contribution in [-0.2, 0) is 4.43 Å². The number of hydrogen-bond donors (Lipinski definition) is 0. The average Bonchev–Trinajstić information content (AvgIpc) is 1.38. The maximum atomic E-state index is 4.56. The molecule has 0 bridgehead atoms. The summed E-state index contributed by atoms with van der Waals surface area (Å²) in [5.74, 6) is 0. The fourth-order valence-corrected chi connectivity index (χ4v) is 0. The van der Waals surface area contributed by atoms with E-state index in [0.717, 1.165) is 0 Å². The molecule has 0 spiro atoms. The molecule has 0 unspecified atom stereocenters. The Bertz CT molecular complexity index is 24.8. The molecule has 6 heavy (non-hydrogen) atoms. The van der Waals surface area contributed by atoms with Crippen LogP contribution in [0.3, 0.4) is 0 Å². The Kier molecular flexibility index (Phi) is 9.38. The molecule has 0 aromatic rings. The zero-order valence-electron chi connectivity index (χ0n) is 4.06. The van der Waals surface area contributed by atoms with E-state index in [4.69, 9.17) is 0 Å². The third kappa shape index (κ3) is 8.83. The maximum absolute atomic E-state index is 4.56. The van der Waals surface area contributed by atoms with Gasteiger partial charge in [0.1, 0.15) is 0 Å². The second-order valence-electron chi connectivity index (χ2n) is 1.17. The summed E-state index contributed by atoms with van der Waals surface area (Å²) in [7, 11) is 2.85. The molecule has 0 atom stereocenters. The van der Waals surface area contributed by atoms with E-state index in [2.05, 4.69) is 14.9 Å². The Balaban J connectivity index is 0.